The van der Waals surface area contributed by atoms with Crippen LogP contribution < -0.4 is 11.5 Å². The van der Waals surface area contributed by atoms with Gasteiger partial charge in [0.2, 0.25) is 0 Å². The molecule has 1 aromatic carbocycles. The molecule has 10 atom stereocenters. The van der Waals surface area contributed by atoms with Crippen LogP contribution in [-0.4, -0.2) is 95.3 Å². The number of fused-ring (bicyclic) bond motifs is 5. The third-order valence-electron chi connectivity index (χ3n) is 7.64. The predicted molar refractivity (Wildman–Crippen MR) is 162 cm³/mol. The van der Waals surface area contributed by atoms with E-state index in [2.05, 4.69) is 25.3 Å². The summed E-state index contributed by atoms with van der Waals surface area (Å²) in [5.74, 6) is -0.752. The standard InChI is InChI=1S/C23H23F2N9O9P2S2/c1-47-45(37)39-5-11-13(24)18(23(40-11)34-10-4-2-3-9(20(27)35)15(10)31-32-34)42-44(36,46)38-6-12-17(43-45)14(25)22(41-12)33-8-30-16-19(26)28-7-29-21(16)33/h1-4,7-8,11-14,17-18,22-23H,5-6H2,(H2,27,35)(H,36,46)(H2,26,28,29)/t11-,12-,13-,14-,17-,18-,22-,23-,44?,45-/m1/s1. The van der Waals surface area contributed by atoms with Crippen molar-refractivity contribution in [3.63, 3.8) is 0 Å². The molecule has 18 nitrogen and oxygen atoms in total. The number of amides is 1. The predicted octanol–water partition coefficient (Wildman–Crippen LogP) is 1.89. The Morgan fingerprint density at radius 2 is 1.83 bits per heavy atom. The Morgan fingerprint density at radius 1 is 1.06 bits per heavy atom. The summed E-state index contributed by atoms with van der Waals surface area (Å²) in [6, 6.07) is 4.44. The molecule has 0 aliphatic carbocycles. The molecular weight excluding hydrogens is 710 g/mol. The number of nitrogen functional groups attached to an aromatic ring is 1. The second-order valence-electron chi connectivity index (χ2n) is 10.4. The van der Waals surface area contributed by atoms with Crippen molar-refractivity contribution in [1.29, 1.82) is 0 Å². The van der Waals surface area contributed by atoms with E-state index in [1.165, 1.54) is 29.1 Å². The lowest BCUT2D eigenvalue weighted by molar-refractivity contribution is -0.0624. The molecule has 1 amide bonds. The van der Waals surface area contributed by atoms with Crippen molar-refractivity contribution in [2.75, 3.05) is 18.9 Å². The van der Waals surface area contributed by atoms with Crippen molar-refractivity contribution in [2.24, 2.45) is 5.73 Å². The molecule has 24 heteroatoms. The number of carbonyl (C=O) groups excluding carboxylic acids is 1. The van der Waals surface area contributed by atoms with Gasteiger partial charge in [0.1, 0.15) is 41.8 Å². The fourth-order valence-corrected chi connectivity index (χ4v) is 8.74. The van der Waals surface area contributed by atoms with Crippen molar-refractivity contribution in [2.45, 2.75) is 49.2 Å². The first-order valence-corrected chi connectivity index (χ1v) is 19.1. The van der Waals surface area contributed by atoms with Crippen LogP contribution in [0, 0.1) is 5.69 Å². The van der Waals surface area contributed by atoms with Gasteiger partial charge in [-0.3, -0.25) is 22.9 Å². The fraction of sp³-hybridized carbons (Fsp3) is 0.435. The van der Waals surface area contributed by atoms with Crippen LogP contribution in [0.5, 0.6) is 0 Å². The summed E-state index contributed by atoms with van der Waals surface area (Å²) in [7, 11) is 0.138. The number of ether oxygens (including phenoxy) is 2. The van der Waals surface area contributed by atoms with Crippen molar-refractivity contribution < 1.29 is 50.6 Å². The molecule has 3 saturated heterocycles. The summed E-state index contributed by atoms with van der Waals surface area (Å²) in [6.07, 6.45) is -11.0. The van der Waals surface area contributed by atoms with Crippen LogP contribution in [-0.2, 0) is 43.9 Å². The quantitative estimate of drug-likeness (QED) is 0.255. The van der Waals surface area contributed by atoms with E-state index in [1.807, 2.05) is 0 Å². The van der Waals surface area contributed by atoms with Gasteiger partial charge in [-0.2, -0.15) is 0 Å². The zero-order valence-electron chi connectivity index (χ0n) is 23.5. The van der Waals surface area contributed by atoms with Gasteiger partial charge in [0.25, 0.3) is 5.91 Å². The van der Waals surface area contributed by atoms with Crippen LogP contribution in [0.4, 0.5) is 14.6 Å². The van der Waals surface area contributed by atoms with Crippen molar-refractivity contribution >= 4 is 70.0 Å². The Kier molecular flexibility index (Phi) is 8.35. The highest BCUT2D eigenvalue weighted by Gasteiger charge is 2.54. The molecule has 7 rings (SSSR count). The van der Waals surface area contributed by atoms with Crippen molar-refractivity contribution in [1.82, 2.24) is 34.5 Å². The largest absolute Gasteiger partial charge is 0.418 e. The molecule has 3 fully saturated rings. The van der Waals surface area contributed by atoms with Gasteiger partial charge in [-0.15, -0.1) is 5.10 Å². The highest BCUT2D eigenvalue weighted by molar-refractivity contribution is 8.48. The molecule has 3 aromatic heterocycles. The van der Waals surface area contributed by atoms with E-state index in [0.717, 1.165) is 11.0 Å². The molecular formula is C23H23F2N9O9P2S2. The van der Waals surface area contributed by atoms with E-state index < -0.39 is 81.9 Å². The number of nitrogens with zero attached hydrogens (tertiary/aromatic N) is 7. The van der Waals surface area contributed by atoms with E-state index in [-0.39, 0.29) is 44.4 Å². The molecule has 250 valence electrons. The van der Waals surface area contributed by atoms with E-state index in [9.17, 15) is 14.3 Å². The molecule has 0 spiro atoms. The number of hydrogen-bond donors (Lipinski definition) is 3. The highest BCUT2D eigenvalue weighted by Crippen LogP contribution is 2.60. The van der Waals surface area contributed by atoms with Crippen LogP contribution in [0.3, 0.4) is 0 Å². The molecule has 4 aromatic rings. The number of rotatable bonds is 3. The van der Waals surface area contributed by atoms with Crippen LogP contribution in [0.25, 0.3) is 22.2 Å². The highest BCUT2D eigenvalue weighted by atomic mass is 32.7. The van der Waals surface area contributed by atoms with Gasteiger partial charge in [0.15, 0.2) is 36.3 Å². The SMILES string of the molecule is C#S[P@]1(=O)OC[C@H]2O[C@@H](n3nnc4c(C(N)=O)cccc43)[C@H](OP(O)(=S)OC[C@H]3O[C@@H](n4cnc5c(N)ncnc54)[C@H](F)[C@@H]3O1)[C@@H]2F. The molecule has 47 heavy (non-hydrogen) atoms. The second kappa shape index (κ2) is 12.1. The van der Waals surface area contributed by atoms with Crippen LogP contribution >= 0.6 is 24.3 Å². The van der Waals surface area contributed by atoms with E-state index >= 15 is 8.78 Å². The average molecular weight is 734 g/mol. The first kappa shape index (κ1) is 32.4. The Labute approximate surface area is 270 Å². The number of nitrogens with two attached hydrogens (primary N) is 2. The maximum Gasteiger partial charge on any atom is 0.418 e. The Balaban J connectivity index is 1.22. The summed E-state index contributed by atoms with van der Waals surface area (Å²) in [4.78, 5) is 35.1. The van der Waals surface area contributed by atoms with Gasteiger partial charge in [-0.05, 0) is 34.7 Å². The van der Waals surface area contributed by atoms with Crippen LogP contribution in [0.2, 0.25) is 0 Å². The molecule has 5 N–H and O–H groups in total. The smallest absolute Gasteiger partial charge is 0.382 e. The normalized spacial score (nSPS) is 36.4. The zero-order valence-corrected chi connectivity index (χ0v) is 26.9. The van der Waals surface area contributed by atoms with Crippen molar-refractivity contribution in [3.8, 4) is 5.69 Å². The maximum absolute atomic E-state index is 16.1. The van der Waals surface area contributed by atoms with Gasteiger partial charge in [-0.1, -0.05) is 17.0 Å². The minimum atomic E-state index is -4.46. The lowest BCUT2D eigenvalue weighted by atomic mass is 10.1. The minimum absolute atomic E-state index is 0.0342. The van der Waals surface area contributed by atoms with Crippen molar-refractivity contribution in [3.05, 3.63) is 36.4 Å². The lowest BCUT2D eigenvalue weighted by Crippen LogP contribution is -2.34. The number of carbonyl (C=O) groups is 1. The van der Waals surface area contributed by atoms with Gasteiger partial charge in [0.05, 0.1) is 30.6 Å². The fourth-order valence-electron chi connectivity index (χ4n) is 5.47. The lowest BCUT2D eigenvalue weighted by Gasteiger charge is -2.26. The molecule has 0 radical (unpaired) electrons. The summed E-state index contributed by atoms with van der Waals surface area (Å²) in [5, 5.41) is 7.96. The van der Waals surface area contributed by atoms with Gasteiger partial charge in [0, 0.05) is 0 Å². The molecule has 3 aliphatic rings. The van der Waals surface area contributed by atoms with Crippen LogP contribution in [0.1, 0.15) is 22.8 Å². The number of benzene rings is 1. The molecule has 1 unspecified atom stereocenters. The summed E-state index contributed by atoms with van der Waals surface area (Å²) >= 11 is 5.20. The molecule has 3 aliphatic heterocycles. The third-order valence-corrected chi connectivity index (χ3v) is 11.8. The number of anilines is 1. The number of halogens is 2. The molecule has 0 saturated carbocycles. The molecule has 2 bridgehead atoms. The van der Waals surface area contributed by atoms with E-state index in [0.29, 0.717) is 0 Å². The zero-order chi connectivity index (χ0) is 33.2. The maximum atomic E-state index is 16.1. The topological polar surface area (TPSA) is 236 Å². The summed E-state index contributed by atoms with van der Waals surface area (Å²) in [5.41, 5.74) is 17.6. The molecule has 6 heterocycles. The first-order valence-electron chi connectivity index (χ1n) is 13.5. The summed E-state index contributed by atoms with van der Waals surface area (Å²) < 4.78 is 82.1. The number of imidazole rings is 1. The monoisotopic (exact) mass is 733 g/mol. The minimum Gasteiger partial charge on any atom is -0.382 e. The van der Waals surface area contributed by atoms with Gasteiger partial charge >= 0.3 is 13.5 Å². The number of aromatic nitrogens is 7. The Bertz CT molecular complexity index is 2030. The van der Waals surface area contributed by atoms with E-state index in [1.54, 1.807) is 0 Å². The average Bonchev–Trinajstić information content (AvgIpc) is 3.80. The number of alkyl halides is 2. The summed E-state index contributed by atoms with van der Waals surface area (Å²) in [6.45, 7) is -10.3. The van der Waals surface area contributed by atoms with Crippen LogP contribution in [0.15, 0.2) is 30.9 Å². The Hall–Kier alpha value is -3.10. The first-order chi connectivity index (χ1) is 22.4. The van der Waals surface area contributed by atoms with Gasteiger partial charge in [-0.25, -0.2) is 33.0 Å². The van der Waals surface area contributed by atoms with Gasteiger partial charge < -0.3 is 30.4 Å². The number of hydrogen-bond acceptors (Lipinski definition) is 15. The third kappa shape index (κ3) is 5.73. The Morgan fingerprint density at radius 3 is 2.60 bits per heavy atom. The second-order valence-corrected chi connectivity index (χ2v) is 16.8. The number of primary amides is 1. The van der Waals surface area contributed by atoms with E-state index in [4.69, 9.17) is 56.5 Å².